The summed E-state index contributed by atoms with van der Waals surface area (Å²) >= 11 is 1.58. The van der Waals surface area contributed by atoms with Gasteiger partial charge in [-0.25, -0.2) is 0 Å². The van der Waals surface area contributed by atoms with Crippen LogP contribution in [0.5, 0.6) is 5.75 Å². The van der Waals surface area contributed by atoms with Gasteiger partial charge in [-0.05, 0) is 36.6 Å². The molecule has 0 saturated carbocycles. The first kappa shape index (κ1) is 12.4. The number of amides is 1. The van der Waals surface area contributed by atoms with Gasteiger partial charge in [0, 0.05) is 10.6 Å². The van der Waals surface area contributed by atoms with Crippen molar-refractivity contribution in [1.29, 1.82) is 0 Å². The molecule has 2 aromatic rings. The lowest BCUT2D eigenvalue weighted by Crippen LogP contribution is -2.26. The fourth-order valence-corrected chi connectivity index (χ4v) is 2.36. The number of hydrogen-bond donors (Lipinski definition) is 3. The first-order chi connectivity index (χ1) is 8.58. The highest BCUT2D eigenvalue weighted by atomic mass is 32.1. The Kier molecular flexibility index (Phi) is 3.53. The number of nitrogen functional groups attached to an aromatic ring is 1. The van der Waals surface area contributed by atoms with Crippen LogP contribution in [-0.2, 0) is 0 Å². The number of hydrogen-bond acceptors (Lipinski definition) is 4. The Morgan fingerprint density at radius 1 is 1.44 bits per heavy atom. The summed E-state index contributed by atoms with van der Waals surface area (Å²) in [5, 5.41) is 14.2. The summed E-state index contributed by atoms with van der Waals surface area (Å²) in [7, 11) is 0. The molecule has 0 spiro atoms. The molecule has 94 valence electrons. The van der Waals surface area contributed by atoms with E-state index in [1.807, 2.05) is 24.4 Å². The average molecular weight is 262 g/mol. The van der Waals surface area contributed by atoms with Crippen molar-refractivity contribution in [3.8, 4) is 5.75 Å². The van der Waals surface area contributed by atoms with Gasteiger partial charge in [-0.2, -0.15) is 0 Å². The summed E-state index contributed by atoms with van der Waals surface area (Å²) in [4.78, 5) is 13.1. The zero-order valence-corrected chi connectivity index (χ0v) is 10.7. The van der Waals surface area contributed by atoms with E-state index in [4.69, 9.17) is 5.73 Å². The van der Waals surface area contributed by atoms with Gasteiger partial charge in [0.15, 0.2) is 0 Å². The molecule has 0 aliphatic rings. The number of rotatable bonds is 3. The second kappa shape index (κ2) is 5.10. The van der Waals surface area contributed by atoms with Crippen LogP contribution in [0.2, 0.25) is 0 Å². The zero-order valence-electron chi connectivity index (χ0n) is 9.88. The van der Waals surface area contributed by atoms with Gasteiger partial charge >= 0.3 is 0 Å². The van der Waals surface area contributed by atoms with Crippen molar-refractivity contribution >= 4 is 22.9 Å². The standard InChI is InChI=1S/C13H14N2O2S/c1-8(12-3-2-6-18-12)15-13(17)10-7-9(16)4-5-11(10)14/h2-8,16H,14H2,1H3,(H,15,17). The largest absolute Gasteiger partial charge is 0.508 e. The molecule has 1 heterocycles. The van der Waals surface area contributed by atoms with Crippen LogP contribution in [0, 0.1) is 0 Å². The smallest absolute Gasteiger partial charge is 0.254 e. The van der Waals surface area contributed by atoms with Crippen LogP contribution in [0.3, 0.4) is 0 Å². The van der Waals surface area contributed by atoms with Gasteiger partial charge in [0.1, 0.15) is 5.75 Å². The Balaban J connectivity index is 2.15. The Labute approximate surface area is 109 Å². The van der Waals surface area contributed by atoms with E-state index in [2.05, 4.69) is 5.32 Å². The van der Waals surface area contributed by atoms with Gasteiger partial charge in [0.2, 0.25) is 0 Å². The zero-order chi connectivity index (χ0) is 13.1. The third-order valence-corrected chi connectivity index (χ3v) is 3.65. The number of phenolic OH excluding ortho intramolecular Hbond substituents is 1. The van der Waals surface area contributed by atoms with Crippen molar-refractivity contribution in [2.45, 2.75) is 13.0 Å². The Morgan fingerprint density at radius 2 is 2.22 bits per heavy atom. The van der Waals surface area contributed by atoms with Crippen LogP contribution < -0.4 is 11.1 Å². The summed E-state index contributed by atoms with van der Waals surface area (Å²) < 4.78 is 0. The number of carbonyl (C=O) groups excluding carboxylic acids is 1. The first-order valence-electron chi connectivity index (χ1n) is 5.50. The third kappa shape index (κ3) is 2.62. The SMILES string of the molecule is CC(NC(=O)c1cc(O)ccc1N)c1cccs1. The molecular formula is C13H14N2O2S. The molecule has 18 heavy (non-hydrogen) atoms. The molecule has 0 bridgehead atoms. The lowest BCUT2D eigenvalue weighted by Gasteiger charge is -2.13. The van der Waals surface area contributed by atoms with Crippen molar-refractivity contribution in [1.82, 2.24) is 5.32 Å². The maximum atomic E-state index is 12.0. The van der Waals surface area contributed by atoms with Gasteiger partial charge in [-0.15, -0.1) is 11.3 Å². The Morgan fingerprint density at radius 3 is 2.89 bits per heavy atom. The predicted octanol–water partition coefficient (Wildman–Crippen LogP) is 2.53. The van der Waals surface area contributed by atoms with Crippen molar-refractivity contribution < 1.29 is 9.90 Å². The van der Waals surface area contributed by atoms with E-state index in [1.165, 1.54) is 18.2 Å². The second-order valence-electron chi connectivity index (χ2n) is 3.98. The molecule has 4 nitrogen and oxygen atoms in total. The number of nitrogens with two attached hydrogens (primary N) is 1. The number of aromatic hydroxyl groups is 1. The molecule has 0 saturated heterocycles. The quantitative estimate of drug-likeness (QED) is 0.587. The van der Waals surface area contributed by atoms with Crippen LogP contribution in [0.15, 0.2) is 35.7 Å². The van der Waals surface area contributed by atoms with E-state index in [0.717, 1.165) is 4.88 Å². The van der Waals surface area contributed by atoms with Crippen molar-refractivity contribution in [3.63, 3.8) is 0 Å². The number of nitrogens with one attached hydrogen (secondary N) is 1. The number of thiophene rings is 1. The molecule has 1 unspecified atom stereocenters. The summed E-state index contributed by atoms with van der Waals surface area (Å²) in [6.45, 7) is 1.91. The molecule has 0 fully saturated rings. The molecule has 0 aliphatic heterocycles. The van der Waals surface area contributed by atoms with Gasteiger partial charge in [-0.1, -0.05) is 6.07 Å². The topological polar surface area (TPSA) is 75.3 Å². The minimum absolute atomic E-state index is 0.0260. The van der Waals surface area contributed by atoms with Gasteiger partial charge in [0.05, 0.1) is 11.6 Å². The number of benzene rings is 1. The Hall–Kier alpha value is -2.01. The van der Waals surface area contributed by atoms with Crippen LogP contribution in [0.4, 0.5) is 5.69 Å². The molecular weight excluding hydrogens is 248 g/mol. The van der Waals surface area contributed by atoms with E-state index in [9.17, 15) is 9.90 Å². The van der Waals surface area contributed by atoms with E-state index >= 15 is 0 Å². The summed E-state index contributed by atoms with van der Waals surface area (Å²) in [6.07, 6.45) is 0. The van der Waals surface area contributed by atoms with Gasteiger partial charge in [0.25, 0.3) is 5.91 Å². The minimum atomic E-state index is -0.288. The van der Waals surface area contributed by atoms with E-state index in [1.54, 1.807) is 11.3 Å². The fraction of sp³-hybridized carbons (Fsp3) is 0.154. The van der Waals surface area contributed by atoms with Gasteiger partial charge in [-0.3, -0.25) is 4.79 Å². The van der Waals surface area contributed by atoms with Crippen molar-refractivity contribution in [3.05, 3.63) is 46.2 Å². The van der Waals surface area contributed by atoms with Crippen molar-refractivity contribution in [2.24, 2.45) is 0 Å². The summed E-state index contributed by atoms with van der Waals surface area (Å²) in [5.74, 6) is -0.262. The lowest BCUT2D eigenvalue weighted by molar-refractivity contribution is 0.0941. The highest BCUT2D eigenvalue weighted by Gasteiger charge is 2.14. The molecule has 1 amide bonds. The fourth-order valence-electron chi connectivity index (χ4n) is 1.62. The van der Waals surface area contributed by atoms with E-state index < -0.39 is 0 Å². The minimum Gasteiger partial charge on any atom is -0.508 e. The molecule has 0 radical (unpaired) electrons. The molecule has 2 rings (SSSR count). The van der Waals surface area contributed by atoms with E-state index in [0.29, 0.717) is 11.3 Å². The first-order valence-corrected chi connectivity index (χ1v) is 6.38. The monoisotopic (exact) mass is 262 g/mol. The average Bonchev–Trinajstić information content (AvgIpc) is 2.85. The number of carbonyl (C=O) groups is 1. The van der Waals surface area contributed by atoms with E-state index in [-0.39, 0.29) is 17.7 Å². The highest BCUT2D eigenvalue weighted by molar-refractivity contribution is 7.10. The lowest BCUT2D eigenvalue weighted by atomic mass is 10.1. The molecule has 1 aromatic heterocycles. The maximum absolute atomic E-state index is 12.0. The van der Waals surface area contributed by atoms with Crippen LogP contribution in [0.1, 0.15) is 28.2 Å². The van der Waals surface area contributed by atoms with Gasteiger partial charge < -0.3 is 16.2 Å². The molecule has 5 heteroatoms. The summed E-state index contributed by atoms with van der Waals surface area (Å²) in [6, 6.07) is 8.15. The predicted molar refractivity (Wildman–Crippen MR) is 72.7 cm³/mol. The second-order valence-corrected chi connectivity index (χ2v) is 4.96. The third-order valence-electron chi connectivity index (χ3n) is 2.60. The molecule has 1 aromatic carbocycles. The number of anilines is 1. The number of phenols is 1. The van der Waals surface area contributed by atoms with Crippen molar-refractivity contribution in [2.75, 3.05) is 5.73 Å². The molecule has 0 aliphatic carbocycles. The highest BCUT2D eigenvalue weighted by Crippen LogP contribution is 2.21. The molecule has 4 N–H and O–H groups in total. The van der Waals surface area contributed by atoms with Crippen LogP contribution in [-0.4, -0.2) is 11.0 Å². The molecule has 1 atom stereocenters. The normalized spacial score (nSPS) is 12.1. The Bertz CT molecular complexity index is 552. The van der Waals surface area contributed by atoms with Crippen LogP contribution in [0.25, 0.3) is 0 Å². The maximum Gasteiger partial charge on any atom is 0.254 e. The summed E-state index contributed by atoms with van der Waals surface area (Å²) in [5.41, 5.74) is 6.36. The van der Waals surface area contributed by atoms with Crippen LogP contribution >= 0.6 is 11.3 Å².